The van der Waals surface area contributed by atoms with Crippen LogP contribution in [0, 0.1) is 0 Å². The standard InChI is InChI=1S/C20H29N7/c1-5-16(27(6-2)7-3)12-22-20-23-13-17-18(25-26(4)19(17)24-20)14-8-10-15(21)11-9-14/h8-11,13,16H,5-7,12,21H2,1-4H3,(H,22,23,24). The molecular formula is C20H29N7. The Bertz CT molecular complexity index is 881. The average Bonchev–Trinajstić information content (AvgIpc) is 3.02. The molecule has 1 unspecified atom stereocenters. The van der Waals surface area contributed by atoms with Gasteiger partial charge in [-0.1, -0.05) is 32.9 Å². The molecule has 0 fully saturated rings. The molecule has 0 aliphatic heterocycles. The van der Waals surface area contributed by atoms with Gasteiger partial charge in [-0.2, -0.15) is 10.1 Å². The first-order valence-corrected chi connectivity index (χ1v) is 9.60. The van der Waals surface area contributed by atoms with Crippen LogP contribution in [0.5, 0.6) is 0 Å². The Labute approximate surface area is 160 Å². The molecular weight excluding hydrogens is 338 g/mol. The fourth-order valence-electron chi connectivity index (χ4n) is 3.46. The number of aryl methyl sites for hydroxylation is 1. The molecule has 0 spiro atoms. The predicted octanol–water partition coefficient (Wildman–Crippen LogP) is 3.14. The predicted molar refractivity (Wildman–Crippen MR) is 112 cm³/mol. The zero-order valence-corrected chi connectivity index (χ0v) is 16.6. The third kappa shape index (κ3) is 4.03. The number of hydrogen-bond donors (Lipinski definition) is 2. The van der Waals surface area contributed by atoms with Crippen molar-refractivity contribution in [3.63, 3.8) is 0 Å². The lowest BCUT2D eigenvalue weighted by Gasteiger charge is -2.28. The van der Waals surface area contributed by atoms with Crippen molar-refractivity contribution in [1.82, 2.24) is 24.6 Å². The number of nitrogens with zero attached hydrogens (tertiary/aromatic N) is 5. The number of anilines is 2. The van der Waals surface area contributed by atoms with Gasteiger partial charge in [-0.3, -0.25) is 4.90 Å². The number of nitrogens with two attached hydrogens (primary N) is 1. The maximum Gasteiger partial charge on any atom is 0.224 e. The first-order chi connectivity index (χ1) is 13.1. The molecule has 0 bridgehead atoms. The molecule has 3 aromatic rings. The molecule has 0 aliphatic carbocycles. The fourth-order valence-corrected chi connectivity index (χ4v) is 3.46. The van der Waals surface area contributed by atoms with Crippen LogP contribution in [0.2, 0.25) is 0 Å². The summed E-state index contributed by atoms with van der Waals surface area (Å²) in [7, 11) is 1.91. The second kappa shape index (κ2) is 8.35. The van der Waals surface area contributed by atoms with Gasteiger partial charge < -0.3 is 11.1 Å². The number of hydrogen-bond acceptors (Lipinski definition) is 6. The summed E-state index contributed by atoms with van der Waals surface area (Å²) in [5, 5.41) is 8.97. The molecule has 3 rings (SSSR count). The number of fused-ring (bicyclic) bond motifs is 1. The van der Waals surface area contributed by atoms with Crippen LogP contribution in [0.15, 0.2) is 30.5 Å². The van der Waals surface area contributed by atoms with E-state index in [1.54, 1.807) is 4.68 Å². The Morgan fingerprint density at radius 1 is 1.15 bits per heavy atom. The lowest BCUT2D eigenvalue weighted by molar-refractivity contribution is 0.220. The quantitative estimate of drug-likeness (QED) is 0.595. The summed E-state index contributed by atoms with van der Waals surface area (Å²) in [4.78, 5) is 11.7. The Morgan fingerprint density at radius 2 is 1.85 bits per heavy atom. The van der Waals surface area contributed by atoms with Crippen molar-refractivity contribution in [3.05, 3.63) is 30.5 Å². The van der Waals surface area contributed by atoms with Gasteiger partial charge >= 0.3 is 0 Å². The summed E-state index contributed by atoms with van der Waals surface area (Å²) in [5.41, 5.74) is 9.22. The summed E-state index contributed by atoms with van der Waals surface area (Å²) >= 11 is 0. The van der Waals surface area contributed by atoms with Gasteiger partial charge in [-0.25, -0.2) is 9.67 Å². The summed E-state index contributed by atoms with van der Waals surface area (Å²) in [6.45, 7) is 9.53. The zero-order valence-electron chi connectivity index (χ0n) is 16.6. The summed E-state index contributed by atoms with van der Waals surface area (Å²) in [6, 6.07) is 8.17. The van der Waals surface area contributed by atoms with Crippen LogP contribution in [0.4, 0.5) is 11.6 Å². The Hall–Kier alpha value is -2.67. The van der Waals surface area contributed by atoms with Crippen LogP contribution in [0.3, 0.4) is 0 Å². The van der Waals surface area contributed by atoms with Gasteiger partial charge in [-0.15, -0.1) is 0 Å². The van der Waals surface area contributed by atoms with E-state index in [9.17, 15) is 0 Å². The van der Waals surface area contributed by atoms with Crippen molar-refractivity contribution < 1.29 is 0 Å². The smallest absolute Gasteiger partial charge is 0.224 e. The molecule has 7 heteroatoms. The Morgan fingerprint density at radius 3 is 2.48 bits per heavy atom. The number of likely N-dealkylation sites (N-methyl/N-ethyl adjacent to an activating group) is 1. The summed E-state index contributed by atoms with van der Waals surface area (Å²) in [6.07, 6.45) is 2.94. The highest BCUT2D eigenvalue weighted by molar-refractivity contribution is 5.91. The van der Waals surface area contributed by atoms with Crippen LogP contribution in [0.25, 0.3) is 22.3 Å². The summed E-state index contributed by atoms with van der Waals surface area (Å²) < 4.78 is 1.80. The van der Waals surface area contributed by atoms with Gasteiger partial charge in [0.15, 0.2) is 5.65 Å². The molecule has 27 heavy (non-hydrogen) atoms. The minimum absolute atomic E-state index is 0.469. The number of aromatic nitrogens is 4. The average molecular weight is 368 g/mol. The van der Waals surface area contributed by atoms with E-state index in [4.69, 9.17) is 10.7 Å². The molecule has 2 heterocycles. The van der Waals surface area contributed by atoms with Gasteiger partial charge in [0.25, 0.3) is 0 Å². The van der Waals surface area contributed by atoms with E-state index in [1.807, 2.05) is 37.5 Å². The molecule has 2 aromatic heterocycles. The van der Waals surface area contributed by atoms with E-state index in [1.165, 1.54) is 0 Å². The lowest BCUT2D eigenvalue weighted by Crippen LogP contribution is -2.39. The number of benzene rings is 1. The normalized spacial score (nSPS) is 12.6. The molecule has 0 amide bonds. The third-order valence-electron chi connectivity index (χ3n) is 5.06. The molecule has 144 valence electrons. The van der Waals surface area contributed by atoms with Gasteiger partial charge in [-0.05, 0) is 31.6 Å². The van der Waals surface area contributed by atoms with E-state index in [-0.39, 0.29) is 0 Å². The van der Waals surface area contributed by atoms with E-state index < -0.39 is 0 Å². The van der Waals surface area contributed by atoms with Crippen LogP contribution in [0.1, 0.15) is 27.2 Å². The Balaban J connectivity index is 1.84. The second-order valence-corrected chi connectivity index (χ2v) is 6.69. The highest BCUT2D eigenvalue weighted by atomic mass is 15.3. The molecule has 0 aliphatic rings. The molecule has 1 atom stereocenters. The van der Waals surface area contributed by atoms with Gasteiger partial charge in [0.1, 0.15) is 5.69 Å². The second-order valence-electron chi connectivity index (χ2n) is 6.69. The molecule has 3 N–H and O–H groups in total. The molecule has 0 saturated heterocycles. The third-order valence-corrected chi connectivity index (χ3v) is 5.06. The maximum absolute atomic E-state index is 5.79. The van der Waals surface area contributed by atoms with Crippen molar-refractivity contribution in [2.45, 2.75) is 33.2 Å². The van der Waals surface area contributed by atoms with Crippen molar-refractivity contribution >= 4 is 22.7 Å². The summed E-state index contributed by atoms with van der Waals surface area (Å²) in [5.74, 6) is 0.639. The SMILES string of the molecule is CCC(CNc1ncc2c(-c3ccc(N)cc3)nn(C)c2n1)N(CC)CC. The van der Waals surface area contributed by atoms with Crippen LogP contribution in [-0.4, -0.2) is 50.3 Å². The number of nitrogen functional groups attached to an aromatic ring is 1. The maximum atomic E-state index is 5.79. The number of nitrogens with one attached hydrogen (secondary N) is 1. The van der Waals surface area contributed by atoms with E-state index in [2.05, 4.69) is 41.1 Å². The minimum Gasteiger partial charge on any atom is -0.399 e. The van der Waals surface area contributed by atoms with Crippen molar-refractivity contribution in [3.8, 4) is 11.3 Å². The monoisotopic (exact) mass is 367 g/mol. The molecule has 0 radical (unpaired) electrons. The first-order valence-electron chi connectivity index (χ1n) is 9.60. The molecule has 0 saturated carbocycles. The van der Waals surface area contributed by atoms with E-state index in [0.29, 0.717) is 12.0 Å². The fraction of sp³-hybridized carbons (Fsp3) is 0.450. The van der Waals surface area contributed by atoms with Crippen molar-refractivity contribution in [1.29, 1.82) is 0 Å². The minimum atomic E-state index is 0.469. The topological polar surface area (TPSA) is 84.9 Å². The molecule has 7 nitrogen and oxygen atoms in total. The van der Waals surface area contributed by atoms with E-state index >= 15 is 0 Å². The van der Waals surface area contributed by atoms with Crippen molar-refractivity contribution in [2.24, 2.45) is 7.05 Å². The van der Waals surface area contributed by atoms with Gasteiger partial charge in [0, 0.05) is 37.1 Å². The van der Waals surface area contributed by atoms with E-state index in [0.717, 1.165) is 54.0 Å². The highest BCUT2D eigenvalue weighted by Gasteiger charge is 2.16. The zero-order chi connectivity index (χ0) is 19.4. The lowest BCUT2D eigenvalue weighted by atomic mass is 10.1. The van der Waals surface area contributed by atoms with Crippen molar-refractivity contribution in [2.75, 3.05) is 30.7 Å². The van der Waals surface area contributed by atoms with Crippen LogP contribution in [-0.2, 0) is 7.05 Å². The van der Waals surface area contributed by atoms with Gasteiger partial charge in [0.05, 0.1) is 5.39 Å². The number of rotatable bonds is 8. The Kier molecular flexibility index (Phi) is 5.91. The van der Waals surface area contributed by atoms with Crippen LogP contribution < -0.4 is 11.1 Å². The van der Waals surface area contributed by atoms with Gasteiger partial charge in [0.2, 0.25) is 5.95 Å². The first kappa shape index (κ1) is 19.1. The largest absolute Gasteiger partial charge is 0.399 e. The molecule has 1 aromatic carbocycles. The van der Waals surface area contributed by atoms with Crippen LogP contribution >= 0.6 is 0 Å². The highest BCUT2D eigenvalue weighted by Crippen LogP contribution is 2.27.